The van der Waals surface area contributed by atoms with Crippen LogP contribution in [0.2, 0.25) is 5.15 Å². The van der Waals surface area contributed by atoms with Gasteiger partial charge in [0.2, 0.25) is 0 Å². The predicted molar refractivity (Wildman–Crippen MR) is 97.7 cm³/mol. The average molecular weight is 410 g/mol. The van der Waals surface area contributed by atoms with Gasteiger partial charge in [-0.25, -0.2) is 9.78 Å². The number of hydrogen-bond donors (Lipinski definition) is 1. The molecule has 0 saturated carbocycles. The van der Waals surface area contributed by atoms with E-state index in [2.05, 4.69) is 25.9 Å². The van der Waals surface area contributed by atoms with Crippen molar-refractivity contribution in [2.45, 2.75) is 6.92 Å². The fraction of sp³-hybridized carbons (Fsp3) is 0.118. The van der Waals surface area contributed by atoms with E-state index in [0.717, 1.165) is 4.47 Å². The standard InChI is InChI=1S/C17H14BrClN2O3/c1-2-24-17(23)14(10-21-12-6-3-5-11(18)9-12)15(22)13-7-4-8-20-16(13)19/h3-10,22H,2H2,1H3. The molecule has 1 aromatic heterocycles. The molecule has 0 radical (unpaired) electrons. The number of aliphatic hydroxyl groups is 1. The number of ether oxygens (including phenoxy) is 1. The Kier molecular flexibility index (Phi) is 6.52. The Hall–Kier alpha value is -2.18. The van der Waals surface area contributed by atoms with Gasteiger partial charge in [0.15, 0.2) is 0 Å². The van der Waals surface area contributed by atoms with E-state index in [0.29, 0.717) is 5.69 Å². The van der Waals surface area contributed by atoms with Crippen LogP contribution in [0.25, 0.3) is 5.76 Å². The first kappa shape index (κ1) is 18.2. The molecule has 24 heavy (non-hydrogen) atoms. The van der Waals surface area contributed by atoms with Gasteiger partial charge >= 0.3 is 5.97 Å². The number of pyridine rings is 1. The Labute approximate surface area is 152 Å². The van der Waals surface area contributed by atoms with Gasteiger partial charge in [0.25, 0.3) is 0 Å². The first-order chi connectivity index (χ1) is 11.5. The number of esters is 1. The molecule has 0 atom stereocenters. The van der Waals surface area contributed by atoms with Crippen molar-refractivity contribution in [3.8, 4) is 0 Å². The molecule has 2 rings (SSSR count). The third-order valence-electron chi connectivity index (χ3n) is 2.92. The summed E-state index contributed by atoms with van der Waals surface area (Å²) in [5.74, 6) is -1.04. The highest BCUT2D eigenvalue weighted by molar-refractivity contribution is 9.10. The minimum absolute atomic E-state index is 0.0765. The van der Waals surface area contributed by atoms with Crippen LogP contribution in [-0.2, 0) is 9.53 Å². The van der Waals surface area contributed by atoms with Crippen LogP contribution in [0.5, 0.6) is 0 Å². The first-order valence-corrected chi connectivity index (χ1v) is 8.21. The lowest BCUT2D eigenvalue weighted by atomic mass is 10.1. The largest absolute Gasteiger partial charge is 0.506 e. The molecule has 0 spiro atoms. The van der Waals surface area contributed by atoms with Crippen molar-refractivity contribution >= 4 is 51.2 Å². The molecule has 0 unspecified atom stereocenters. The molecular formula is C17H14BrClN2O3. The first-order valence-electron chi connectivity index (χ1n) is 7.03. The second-order valence-corrected chi connectivity index (χ2v) is 5.84. The number of halogens is 2. The second kappa shape index (κ2) is 8.61. The number of carbonyl (C=O) groups excluding carboxylic acids is 1. The fourth-order valence-corrected chi connectivity index (χ4v) is 2.42. The number of hydrogen-bond acceptors (Lipinski definition) is 5. The number of benzene rings is 1. The summed E-state index contributed by atoms with van der Waals surface area (Å²) < 4.78 is 5.82. The number of rotatable bonds is 5. The highest BCUT2D eigenvalue weighted by atomic mass is 79.9. The van der Waals surface area contributed by atoms with E-state index in [1.165, 1.54) is 12.4 Å². The van der Waals surface area contributed by atoms with Crippen LogP contribution in [0.4, 0.5) is 5.69 Å². The minimum Gasteiger partial charge on any atom is -0.506 e. The van der Waals surface area contributed by atoms with Crippen molar-refractivity contribution in [2.75, 3.05) is 6.61 Å². The Morgan fingerprint density at radius 1 is 1.42 bits per heavy atom. The van der Waals surface area contributed by atoms with E-state index >= 15 is 0 Å². The summed E-state index contributed by atoms with van der Waals surface area (Å²) in [7, 11) is 0. The van der Waals surface area contributed by atoms with Gasteiger partial charge in [0, 0.05) is 16.9 Å². The minimum atomic E-state index is -0.700. The second-order valence-electron chi connectivity index (χ2n) is 4.56. The summed E-state index contributed by atoms with van der Waals surface area (Å²) in [4.78, 5) is 20.2. The van der Waals surface area contributed by atoms with Crippen molar-refractivity contribution in [1.82, 2.24) is 4.98 Å². The Bertz CT molecular complexity index is 806. The molecule has 0 aliphatic rings. The van der Waals surface area contributed by atoms with Crippen molar-refractivity contribution in [3.05, 3.63) is 63.4 Å². The summed E-state index contributed by atoms with van der Waals surface area (Å²) in [5, 5.41) is 10.5. The zero-order valence-electron chi connectivity index (χ0n) is 12.7. The van der Waals surface area contributed by atoms with Gasteiger partial charge in [0.05, 0.1) is 17.9 Å². The van der Waals surface area contributed by atoms with E-state index in [4.69, 9.17) is 16.3 Å². The summed E-state index contributed by atoms with van der Waals surface area (Å²) >= 11 is 9.32. The molecule has 0 aliphatic carbocycles. The van der Waals surface area contributed by atoms with E-state index in [1.54, 1.807) is 31.2 Å². The Morgan fingerprint density at radius 2 is 2.21 bits per heavy atom. The lowest BCUT2D eigenvalue weighted by Gasteiger charge is -2.07. The van der Waals surface area contributed by atoms with E-state index < -0.39 is 5.97 Å². The summed E-state index contributed by atoms with van der Waals surface area (Å²) in [5.41, 5.74) is 0.728. The SMILES string of the molecule is CCOC(=O)C(C=Nc1cccc(Br)c1)=C(O)c1cccnc1Cl. The van der Waals surface area contributed by atoms with Crippen molar-refractivity contribution in [3.63, 3.8) is 0 Å². The Morgan fingerprint density at radius 3 is 2.88 bits per heavy atom. The Balaban J connectivity index is 2.47. The molecule has 5 nitrogen and oxygen atoms in total. The van der Waals surface area contributed by atoms with Crippen LogP contribution >= 0.6 is 27.5 Å². The molecule has 0 saturated heterocycles. The number of aliphatic imine (C=N–C) groups is 1. The zero-order valence-corrected chi connectivity index (χ0v) is 15.1. The topological polar surface area (TPSA) is 71.8 Å². The number of aromatic nitrogens is 1. The monoisotopic (exact) mass is 408 g/mol. The van der Waals surface area contributed by atoms with Gasteiger partial charge in [0.1, 0.15) is 16.5 Å². The van der Waals surface area contributed by atoms with Gasteiger partial charge in [-0.15, -0.1) is 0 Å². The predicted octanol–water partition coefficient (Wildman–Crippen LogP) is 4.73. The van der Waals surface area contributed by atoms with E-state index in [-0.39, 0.29) is 28.7 Å². The molecule has 1 aromatic carbocycles. The highest BCUT2D eigenvalue weighted by Crippen LogP contribution is 2.23. The summed E-state index contributed by atoms with van der Waals surface area (Å²) in [6, 6.07) is 10.4. The third-order valence-corrected chi connectivity index (χ3v) is 3.71. The molecule has 0 aliphatic heterocycles. The number of carbonyl (C=O) groups is 1. The number of nitrogens with zero attached hydrogens (tertiary/aromatic N) is 2. The number of aliphatic hydroxyl groups excluding tert-OH is 1. The molecule has 7 heteroatoms. The van der Waals surface area contributed by atoms with Crippen LogP contribution in [-0.4, -0.2) is 28.9 Å². The van der Waals surface area contributed by atoms with Gasteiger partial charge in [-0.3, -0.25) is 4.99 Å². The van der Waals surface area contributed by atoms with Crippen molar-refractivity contribution in [2.24, 2.45) is 4.99 Å². The third kappa shape index (κ3) is 4.66. The average Bonchev–Trinajstić information content (AvgIpc) is 2.55. The van der Waals surface area contributed by atoms with Crippen molar-refractivity contribution < 1.29 is 14.6 Å². The normalized spacial score (nSPS) is 12.1. The maximum Gasteiger partial charge on any atom is 0.343 e. The van der Waals surface area contributed by atoms with Crippen LogP contribution in [0.15, 0.2) is 57.6 Å². The van der Waals surface area contributed by atoms with Gasteiger partial charge in [-0.1, -0.05) is 33.6 Å². The maximum atomic E-state index is 12.2. The maximum absolute atomic E-state index is 12.2. The molecule has 0 fully saturated rings. The van der Waals surface area contributed by atoms with Crippen LogP contribution in [0.1, 0.15) is 12.5 Å². The molecule has 1 N–H and O–H groups in total. The molecule has 124 valence electrons. The molecule has 2 aromatic rings. The van der Waals surface area contributed by atoms with E-state index in [9.17, 15) is 9.90 Å². The summed E-state index contributed by atoms with van der Waals surface area (Å²) in [6.45, 7) is 1.84. The fourth-order valence-electron chi connectivity index (χ4n) is 1.82. The quantitative estimate of drug-likeness (QED) is 0.255. The zero-order chi connectivity index (χ0) is 17.5. The van der Waals surface area contributed by atoms with Crippen LogP contribution in [0.3, 0.4) is 0 Å². The summed E-state index contributed by atoms with van der Waals surface area (Å²) in [6.07, 6.45) is 2.73. The molecule has 0 bridgehead atoms. The smallest absolute Gasteiger partial charge is 0.343 e. The molecular weight excluding hydrogens is 396 g/mol. The van der Waals surface area contributed by atoms with Crippen LogP contribution in [0, 0.1) is 0 Å². The van der Waals surface area contributed by atoms with E-state index in [1.807, 2.05) is 12.1 Å². The highest BCUT2D eigenvalue weighted by Gasteiger charge is 2.18. The lowest BCUT2D eigenvalue weighted by molar-refractivity contribution is -0.137. The molecule has 0 amide bonds. The van der Waals surface area contributed by atoms with Gasteiger partial charge in [-0.05, 0) is 37.3 Å². The van der Waals surface area contributed by atoms with Crippen molar-refractivity contribution in [1.29, 1.82) is 0 Å². The van der Waals surface area contributed by atoms with Crippen LogP contribution < -0.4 is 0 Å². The molecule has 1 heterocycles. The van der Waals surface area contributed by atoms with Gasteiger partial charge < -0.3 is 9.84 Å². The van der Waals surface area contributed by atoms with Gasteiger partial charge in [-0.2, -0.15) is 0 Å². The lowest BCUT2D eigenvalue weighted by Crippen LogP contribution is -2.11.